The average Bonchev–Trinajstić information content (AvgIpc) is 3.68. The molecule has 66 heavy (non-hydrogen) atoms. The molecule has 0 bridgehead atoms. The van der Waals surface area contributed by atoms with Gasteiger partial charge in [-0.25, -0.2) is 4.98 Å². The number of hydrogen-bond donors (Lipinski definition) is 0. The summed E-state index contributed by atoms with van der Waals surface area (Å²) in [6, 6.07) is 41.0. The highest BCUT2D eigenvalue weighted by atomic mass is 32.1. The van der Waals surface area contributed by atoms with Crippen LogP contribution in [0.4, 0.5) is 34.3 Å². The Morgan fingerprint density at radius 1 is 0.545 bits per heavy atom. The molecule has 10 rings (SSSR count). The number of rotatable bonds is 3. The first-order valence-electron chi connectivity index (χ1n) is 24.4. The van der Waals surface area contributed by atoms with Crippen molar-refractivity contribution in [2.75, 3.05) is 9.80 Å². The maximum atomic E-state index is 5.72. The van der Waals surface area contributed by atoms with Gasteiger partial charge >= 0.3 is 0 Å². The van der Waals surface area contributed by atoms with Gasteiger partial charge in [0.15, 0.2) is 0 Å². The van der Waals surface area contributed by atoms with Gasteiger partial charge in [-0.05, 0) is 144 Å². The third kappa shape index (κ3) is 7.08. The second kappa shape index (κ2) is 14.4. The highest BCUT2D eigenvalue weighted by Crippen LogP contribution is 2.54. The lowest BCUT2D eigenvalue weighted by Crippen LogP contribution is -2.61. The Labute approximate surface area is 400 Å². The zero-order chi connectivity index (χ0) is 47.4. The third-order valence-corrected chi connectivity index (χ3v) is 16.4. The van der Waals surface area contributed by atoms with E-state index in [9.17, 15) is 0 Å². The molecule has 5 heteroatoms. The molecule has 3 nitrogen and oxygen atoms in total. The summed E-state index contributed by atoms with van der Waals surface area (Å²) >= 11 is 1.98. The Kier molecular flexibility index (Phi) is 9.78. The molecule has 5 aromatic carbocycles. The predicted octanol–water partition coefficient (Wildman–Crippen LogP) is 15.5. The van der Waals surface area contributed by atoms with Crippen molar-refractivity contribution in [3.8, 4) is 11.1 Å². The molecule has 0 N–H and O–H groups in total. The molecule has 7 aromatic rings. The first-order valence-corrected chi connectivity index (χ1v) is 25.2. The molecule has 2 aromatic heterocycles. The van der Waals surface area contributed by atoms with Crippen LogP contribution in [0.2, 0.25) is 0 Å². The quantitative estimate of drug-likeness (QED) is 0.165. The fraction of sp³-hybridized carbons (Fsp3) is 0.393. The minimum Gasteiger partial charge on any atom is -0.311 e. The van der Waals surface area contributed by atoms with Gasteiger partial charge in [-0.2, -0.15) is 0 Å². The SMILES string of the molecule is Cc1cc2c3c(n1)N(c1ccc4c(c1)C(C)(C)CC4(C)C)c1c(sc4ccc(C(C)(C)C)cc14)B3c1cc(C(C)(C)C)ccc1N2c1ccc(C(C)(C)C)cc1-c1ccc(C(C)(C)C)cc1. The van der Waals surface area contributed by atoms with Crippen molar-refractivity contribution in [1.82, 2.24) is 4.98 Å². The van der Waals surface area contributed by atoms with Crippen LogP contribution in [0.15, 0.2) is 103 Å². The zero-order valence-electron chi connectivity index (χ0n) is 42.8. The van der Waals surface area contributed by atoms with Gasteiger partial charge in [0, 0.05) is 43.2 Å². The van der Waals surface area contributed by atoms with Gasteiger partial charge in [0.25, 0.3) is 6.71 Å². The lowest BCUT2D eigenvalue weighted by atomic mass is 9.36. The van der Waals surface area contributed by atoms with Crippen LogP contribution < -0.4 is 25.5 Å². The summed E-state index contributed by atoms with van der Waals surface area (Å²) < 4.78 is 2.71. The molecule has 3 aliphatic rings. The fourth-order valence-corrected chi connectivity index (χ4v) is 12.9. The van der Waals surface area contributed by atoms with Crippen molar-refractivity contribution in [1.29, 1.82) is 0 Å². The number of aryl methyl sites for hydroxylation is 1. The van der Waals surface area contributed by atoms with Crippen LogP contribution in [-0.4, -0.2) is 11.7 Å². The van der Waals surface area contributed by atoms with E-state index in [2.05, 4.69) is 231 Å². The number of anilines is 6. The molecular weight excluding hydrogens is 818 g/mol. The van der Waals surface area contributed by atoms with E-state index in [1.54, 1.807) is 0 Å². The Balaban J connectivity index is 1.32. The molecule has 1 aliphatic carbocycles. The fourth-order valence-electron chi connectivity index (χ4n) is 11.6. The summed E-state index contributed by atoms with van der Waals surface area (Å²) in [4.78, 5) is 10.9. The molecule has 0 saturated carbocycles. The summed E-state index contributed by atoms with van der Waals surface area (Å²) in [5.74, 6) is 1.04. The topological polar surface area (TPSA) is 19.4 Å². The van der Waals surface area contributed by atoms with Crippen molar-refractivity contribution in [2.45, 2.75) is 157 Å². The molecule has 338 valence electrons. The second-order valence-electron chi connectivity index (χ2n) is 25.4. The van der Waals surface area contributed by atoms with Gasteiger partial charge in [0.05, 0.1) is 11.4 Å². The van der Waals surface area contributed by atoms with Gasteiger partial charge in [0.1, 0.15) is 5.82 Å². The van der Waals surface area contributed by atoms with Gasteiger partial charge in [-0.15, -0.1) is 11.3 Å². The Bertz CT molecular complexity index is 3120. The van der Waals surface area contributed by atoms with Gasteiger partial charge < -0.3 is 4.90 Å². The van der Waals surface area contributed by atoms with E-state index in [4.69, 9.17) is 4.98 Å². The molecule has 0 unspecified atom stereocenters. The highest BCUT2D eigenvalue weighted by Gasteiger charge is 2.48. The Morgan fingerprint density at radius 3 is 1.74 bits per heavy atom. The molecule has 0 spiro atoms. The number of hydrogen-bond acceptors (Lipinski definition) is 4. The number of benzene rings is 5. The Hall–Kier alpha value is -5.13. The molecule has 0 amide bonds. The van der Waals surface area contributed by atoms with E-state index in [-0.39, 0.29) is 39.2 Å². The van der Waals surface area contributed by atoms with E-state index in [1.165, 1.54) is 98.7 Å². The third-order valence-electron chi connectivity index (χ3n) is 15.1. The van der Waals surface area contributed by atoms with Crippen LogP contribution in [0.25, 0.3) is 21.2 Å². The molecule has 0 fully saturated rings. The summed E-state index contributed by atoms with van der Waals surface area (Å²) in [6.07, 6.45) is 1.12. The van der Waals surface area contributed by atoms with E-state index < -0.39 is 0 Å². The molecular formula is C61H70BN3S. The smallest absolute Gasteiger partial charge is 0.266 e. The summed E-state index contributed by atoms with van der Waals surface area (Å²) in [7, 11) is 0. The predicted molar refractivity (Wildman–Crippen MR) is 289 cm³/mol. The van der Waals surface area contributed by atoms with Gasteiger partial charge in [-0.1, -0.05) is 165 Å². The summed E-state index contributed by atoms with van der Waals surface area (Å²) in [5.41, 5.74) is 20.6. The number of thiophene rings is 1. The standard InChI is InChI=1S/C61H70BN3S/c1-36-30-50-52-55(63-36)64(42-25-26-45-46(34-42)61(16,17)35-60(45,14)15)53-44-32-40(58(8,9)10)24-29-51(44)66-54(53)62(52)47-33-41(59(11,12)13)23-28-49(47)65(50)48-27-22-39(57(5,6)7)31-43(48)37-18-20-38(21-19-37)56(2,3)4/h18-34H,35H2,1-17H3. The van der Waals surface area contributed by atoms with E-state index in [1.807, 2.05) is 11.3 Å². The normalized spacial score (nSPS) is 16.3. The first kappa shape index (κ1) is 44.7. The lowest BCUT2D eigenvalue weighted by Gasteiger charge is -2.43. The minimum absolute atomic E-state index is 0.00153. The monoisotopic (exact) mass is 888 g/mol. The van der Waals surface area contributed by atoms with E-state index in [0.717, 1.165) is 17.9 Å². The van der Waals surface area contributed by atoms with Crippen molar-refractivity contribution < 1.29 is 0 Å². The number of pyridine rings is 1. The number of fused-ring (bicyclic) bond motifs is 7. The molecule has 0 saturated heterocycles. The lowest BCUT2D eigenvalue weighted by molar-refractivity contribution is 0.403. The largest absolute Gasteiger partial charge is 0.311 e. The van der Waals surface area contributed by atoms with Crippen LogP contribution >= 0.6 is 11.3 Å². The van der Waals surface area contributed by atoms with Crippen molar-refractivity contribution in [3.63, 3.8) is 0 Å². The molecule has 0 atom stereocenters. The van der Waals surface area contributed by atoms with Crippen LogP contribution in [-0.2, 0) is 32.5 Å². The van der Waals surface area contributed by atoms with Crippen molar-refractivity contribution in [3.05, 3.63) is 142 Å². The maximum Gasteiger partial charge on any atom is 0.266 e. The van der Waals surface area contributed by atoms with Crippen molar-refractivity contribution in [2.24, 2.45) is 0 Å². The highest BCUT2D eigenvalue weighted by molar-refractivity contribution is 7.33. The average molecular weight is 888 g/mol. The number of nitrogens with zero attached hydrogens (tertiary/aromatic N) is 3. The van der Waals surface area contributed by atoms with Gasteiger partial charge in [-0.3, -0.25) is 4.90 Å². The second-order valence-corrected chi connectivity index (χ2v) is 26.5. The van der Waals surface area contributed by atoms with Crippen LogP contribution in [0.3, 0.4) is 0 Å². The van der Waals surface area contributed by atoms with Crippen molar-refractivity contribution >= 4 is 78.1 Å². The first-order chi connectivity index (χ1) is 30.6. The van der Waals surface area contributed by atoms with Crippen LogP contribution in [0.1, 0.15) is 156 Å². The zero-order valence-corrected chi connectivity index (χ0v) is 43.7. The van der Waals surface area contributed by atoms with Gasteiger partial charge in [0.2, 0.25) is 0 Å². The van der Waals surface area contributed by atoms with Crippen LogP contribution in [0.5, 0.6) is 0 Å². The van der Waals surface area contributed by atoms with E-state index >= 15 is 0 Å². The summed E-state index contributed by atoms with van der Waals surface area (Å²) in [5, 5.41) is 1.31. The summed E-state index contributed by atoms with van der Waals surface area (Å²) in [6.45, 7) is 39.8. The molecule has 0 radical (unpaired) electrons. The van der Waals surface area contributed by atoms with E-state index in [0.29, 0.717) is 0 Å². The molecule has 2 aliphatic heterocycles. The minimum atomic E-state index is -0.0425. The van der Waals surface area contributed by atoms with Crippen LogP contribution in [0, 0.1) is 6.92 Å². The maximum absolute atomic E-state index is 5.72. The Morgan fingerprint density at radius 2 is 1.11 bits per heavy atom. The molecule has 4 heterocycles. The number of aromatic nitrogens is 1.